The summed E-state index contributed by atoms with van der Waals surface area (Å²) in [5.74, 6) is 1.32. The van der Waals surface area contributed by atoms with Crippen LogP contribution in [0.1, 0.15) is 23.4 Å². The second-order valence-electron chi connectivity index (χ2n) is 6.74. The van der Waals surface area contributed by atoms with Crippen LogP contribution in [0.2, 0.25) is 0 Å². The van der Waals surface area contributed by atoms with Crippen molar-refractivity contribution in [2.75, 3.05) is 19.0 Å². The van der Waals surface area contributed by atoms with Gasteiger partial charge in [-0.3, -0.25) is 14.6 Å². The van der Waals surface area contributed by atoms with Crippen LogP contribution >= 0.6 is 0 Å². The molecule has 0 unspecified atom stereocenters. The predicted octanol–water partition coefficient (Wildman–Crippen LogP) is 1.78. The molecule has 0 saturated heterocycles. The molecule has 2 heterocycles. The zero-order valence-electron chi connectivity index (χ0n) is 16.2. The molecule has 0 atom stereocenters. The van der Waals surface area contributed by atoms with Crippen LogP contribution in [0.4, 0.5) is 5.82 Å². The van der Waals surface area contributed by atoms with Crippen molar-refractivity contribution in [2.45, 2.75) is 26.2 Å². The highest BCUT2D eigenvalue weighted by atomic mass is 16.5. The zero-order valence-corrected chi connectivity index (χ0v) is 16.2. The molecule has 9 heteroatoms. The topological polar surface area (TPSA) is 111 Å². The first-order valence-electron chi connectivity index (χ1n) is 9.30. The third-order valence-corrected chi connectivity index (χ3v) is 4.66. The van der Waals surface area contributed by atoms with Gasteiger partial charge in [-0.25, -0.2) is 4.98 Å². The first kappa shape index (κ1) is 18.7. The number of fused-ring (bicyclic) bond motifs is 1. The average Bonchev–Trinajstić information content (AvgIpc) is 3.33. The molecule has 2 N–H and O–H groups in total. The monoisotopic (exact) mass is 395 g/mol. The second-order valence-corrected chi connectivity index (χ2v) is 6.74. The average molecular weight is 395 g/mol. The zero-order chi connectivity index (χ0) is 20.4. The van der Waals surface area contributed by atoms with Crippen LogP contribution in [0.3, 0.4) is 0 Å². The Morgan fingerprint density at radius 1 is 1.28 bits per heavy atom. The van der Waals surface area contributed by atoms with Gasteiger partial charge < -0.3 is 14.8 Å². The summed E-state index contributed by atoms with van der Waals surface area (Å²) in [6.45, 7) is 1.59. The highest BCUT2D eigenvalue weighted by Gasteiger charge is 2.20. The molecule has 0 spiro atoms. The lowest BCUT2D eigenvalue weighted by Gasteiger charge is -2.11. The van der Waals surface area contributed by atoms with Gasteiger partial charge >= 0.3 is 0 Å². The standard InChI is InChI=1S/C20H21N5O4/c1-12-10-17(22-18(26)11-29-16-9-4-3-8-15(16)28-2)25(24-12)20-21-14-7-5-6-13(14)19(27)23-20/h3-4,8-10H,5-7,11H2,1-2H3,(H,22,26)(H,21,23,27). The Morgan fingerprint density at radius 3 is 2.86 bits per heavy atom. The van der Waals surface area contributed by atoms with E-state index in [0.717, 1.165) is 30.5 Å². The Kier molecular flexibility index (Phi) is 5.03. The smallest absolute Gasteiger partial charge is 0.263 e. The predicted molar refractivity (Wildman–Crippen MR) is 106 cm³/mol. The van der Waals surface area contributed by atoms with Crippen molar-refractivity contribution < 1.29 is 14.3 Å². The number of H-pyrrole nitrogens is 1. The van der Waals surface area contributed by atoms with Crippen LogP contribution in [-0.4, -0.2) is 39.4 Å². The van der Waals surface area contributed by atoms with Crippen LogP contribution in [0.5, 0.6) is 11.5 Å². The van der Waals surface area contributed by atoms with E-state index in [1.54, 1.807) is 31.2 Å². The fraction of sp³-hybridized carbons (Fsp3) is 0.300. The molecule has 0 radical (unpaired) electrons. The molecule has 1 aliphatic carbocycles. The Labute approximate surface area is 166 Å². The van der Waals surface area contributed by atoms with Crippen LogP contribution < -0.4 is 20.3 Å². The number of aromatic nitrogens is 4. The summed E-state index contributed by atoms with van der Waals surface area (Å²) in [5, 5.41) is 7.11. The van der Waals surface area contributed by atoms with Crippen LogP contribution in [-0.2, 0) is 17.6 Å². The molecule has 4 rings (SSSR count). The van der Waals surface area contributed by atoms with Crippen molar-refractivity contribution in [3.8, 4) is 17.4 Å². The summed E-state index contributed by atoms with van der Waals surface area (Å²) in [7, 11) is 1.54. The number of methoxy groups -OCH3 is 1. The summed E-state index contributed by atoms with van der Waals surface area (Å²) in [6.07, 6.45) is 2.41. The molecule has 29 heavy (non-hydrogen) atoms. The Balaban J connectivity index is 1.52. The number of para-hydroxylation sites is 2. The van der Waals surface area contributed by atoms with Crippen LogP contribution in [0.25, 0.3) is 5.95 Å². The summed E-state index contributed by atoms with van der Waals surface area (Å²) in [6, 6.07) is 8.79. The molecule has 2 aromatic heterocycles. The number of anilines is 1. The number of aromatic amines is 1. The van der Waals surface area contributed by atoms with Crippen molar-refractivity contribution >= 4 is 11.7 Å². The molecular weight excluding hydrogens is 374 g/mol. The summed E-state index contributed by atoms with van der Waals surface area (Å²) >= 11 is 0. The van der Waals surface area contributed by atoms with Gasteiger partial charge in [-0.1, -0.05) is 12.1 Å². The molecule has 0 fully saturated rings. The minimum Gasteiger partial charge on any atom is -0.493 e. The fourth-order valence-corrected chi connectivity index (χ4v) is 3.34. The number of ether oxygens (including phenoxy) is 2. The van der Waals surface area contributed by atoms with Gasteiger partial charge in [0.15, 0.2) is 18.1 Å². The lowest BCUT2D eigenvalue weighted by Crippen LogP contribution is -2.24. The maximum Gasteiger partial charge on any atom is 0.263 e. The van der Waals surface area contributed by atoms with E-state index in [-0.39, 0.29) is 24.0 Å². The SMILES string of the molecule is COc1ccccc1OCC(=O)Nc1cc(C)nn1-c1nc2c(c(=O)[nH]1)CCC2. The number of hydrogen-bond acceptors (Lipinski definition) is 6. The van der Waals surface area contributed by atoms with E-state index in [2.05, 4.69) is 20.4 Å². The molecule has 0 bridgehead atoms. The lowest BCUT2D eigenvalue weighted by atomic mass is 10.3. The first-order chi connectivity index (χ1) is 14.0. The fourth-order valence-electron chi connectivity index (χ4n) is 3.34. The minimum absolute atomic E-state index is 0.160. The Bertz CT molecular complexity index is 1120. The van der Waals surface area contributed by atoms with Crippen LogP contribution in [0.15, 0.2) is 35.1 Å². The van der Waals surface area contributed by atoms with Gasteiger partial charge in [-0.2, -0.15) is 9.78 Å². The summed E-state index contributed by atoms with van der Waals surface area (Å²) in [5.41, 5.74) is 2.03. The van der Waals surface area contributed by atoms with E-state index >= 15 is 0 Å². The van der Waals surface area contributed by atoms with Gasteiger partial charge in [-0.05, 0) is 38.3 Å². The van der Waals surface area contributed by atoms with Crippen molar-refractivity contribution in [3.05, 3.63) is 57.6 Å². The number of aryl methyl sites for hydroxylation is 2. The van der Waals surface area contributed by atoms with Gasteiger partial charge in [0.05, 0.1) is 18.5 Å². The highest BCUT2D eigenvalue weighted by molar-refractivity contribution is 5.91. The highest BCUT2D eigenvalue weighted by Crippen LogP contribution is 2.25. The number of carbonyl (C=O) groups is 1. The van der Waals surface area contributed by atoms with E-state index in [4.69, 9.17) is 9.47 Å². The quantitative estimate of drug-likeness (QED) is 0.658. The number of amides is 1. The van der Waals surface area contributed by atoms with Gasteiger partial charge in [0.2, 0.25) is 5.95 Å². The minimum atomic E-state index is -0.374. The molecule has 0 saturated carbocycles. The van der Waals surface area contributed by atoms with E-state index < -0.39 is 0 Å². The lowest BCUT2D eigenvalue weighted by molar-refractivity contribution is -0.118. The van der Waals surface area contributed by atoms with E-state index in [1.807, 2.05) is 6.07 Å². The van der Waals surface area contributed by atoms with Crippen molar-refractivity contribution in [1.82, 2.24) is 19.7 Å². The van der Waals surface area contributed by atoms with Crippen molar-refractivity contribution in [3.63, 3.8) is 0 Å². The maximum atomic E-state index is 12.4. The third kappa shape index (κ3) is 3.84. The molecule has 0 aliphatic heterocycles. The summed E-state index contributed by atoms with van der Waals surface area (Å²) < 4.78 is 12.2. The number of nitrogens with one attached hydrogen (secondary N) is 2. The third-order valence-electron chi connectivity index (χ3n) is 4.66. The molecule has 9 nitrogen and oxygen atoms in total. The molecule has 1 amide bonds. The normalized spacial score (nSPS) is 12.5. The van der Waals surface area contributed by atoms with Gasteiger partial charge in [0, 0.05) is 11.6 Å². The molecular formula is C20H21N5O4. The van der Waals surface area contributed by atoms with E-state index in [9.17, 15) is 9.59 Å². The number of benzene rings is 1. The molecule has 3 aromatic rings. The van der Waals surface area contributed by atoms with Gasteiger partial charge in [0.1, 0.15) is 5.82 Å². The number of hydrogen-bond donors (Lipinski definition) is 2. The molecule has 1 aliphatic rings. The van der Waals surface area contributed by atoms with E-state index in [0.29, 0.717) is 23.0 Å². The second kappa shape index (κ2) is 7.78. The van der Waals surface area contributed by atoms with Gasteiger partial charge in [-0.15, -0.1) is 0 Å². The van der Waals surface area contributed by atoms with Crippen LogP contribution in [0, 0.1) is 6.92 Å². The summed E-state index contributed by atoms with van der Waals surface area (Å²) in [4.78, 5) is 32.0. The molecule has 150 valence electrons. The van der Waals surface area contributed by atoms with Gasteiger partial charge in [0.25, 0.3) is 11.5 Å². The maximum absolute atomic E-state index is 12.4. The Morgan fingerprint density at radius 2 is 2.07 bits per heavy atom. The van der Waals surface area contributed by atoms with E-state index in [1.165, 1.54) is 11.8 Å². The van der Waals surface area contributed by atoms with Crippen molar-refractivity contribution in [2.24, 2.45) is 0 Å². The largest absolute Gasteiger partial charge is 0.493 e. The Hall–Kier alpha value is -3.62. The van der Waals surface area contributed by atoms with Crippen molar-refractivity contribution in [1.29, 1.82) is 0 Å². The molecule has 1 aromatic carbocycles. The number of carbonyl (C=O) groups excluding carboxylic acids is 1. The number of rotatable bonds is 6. The first-order valence-corrected chi connectivity index (χ1v) is 9.30. The number of nitrogens with zero attached hydrogens (tertiary/aromatic N) is 3.